The van der Waals surface area contributed by atoms with Crippen molar-refractivity contribution in [2.24, 2.45) is 0 Å². The van der Waals surface area contributed by atoms with Gasteiger partial charge in [-0.15, -0.1) is 0 Å². The van der Waals surface area contributed by atoms with Gasteiger partial charge in [0.2, 0.25) is 5.95 Å². The number of hydrogen-bond acceptors (Lipinski definition) is 5. The van der Waals surface area contributed by atoms with E-state index in [9.17, 15) is 10.1 Å². The molecule has 2 aromatic carbocycles. The van der Waals surface area contributed by atoms with Gasteiger partial charge in [-0.2, -0.15) is 0 Å². The molecular weight excluding hydrogens is 378 g/mol. The molecule has 0 bridgehead atoms. The van der Waals surface area contributed by atoms with Crippen molar-refractivity contribution in [2.45, 2.75) is 20.0 Å². The van der Waals surface area contributed by atoms with Gasteiger partial charge in [-0.25, -0.2) is 4.98 Å². The zero-order valence-electron chi connectivity index (χ0n) is 15.8. The molecule has 1 aliphatic rings. The molecule has 3 aromatic rings. The topological polar surface area (TPSA) is 67.4 Å². The third-order valence-electron chi connectivity index (χ3n) is 5.16. The van der Waals surface area contributed by atoms with Crippen LogP contribution in [0.15, 0.2) is 48.5 Å². The fraction of sp³-hybridized carbons (Fsp3) is 0.350. The van der Waals surface area contributed by atoms with E-state index in [4.69, 9.17) is 4.98 Å². The Balaban J connectivity index is 0.00000225. The summed E-state index contributed by atoms with van der Waals surface area (Å²) in [5.74, 6) is 1.05. The van der Waals surface area contributed by atoms with E-state index in [1.54, 1.807) is 12.1 Å². The van der Waals surface area contributed by atoms with Crippen LogP contribution in [0.1, 0.15) is 12.5 Å². The summed E-state index contributed by atoms with van der Waals surface area (Å²) in [6.45, 7) is 7.62. The van der Waals surface area contributed by atoms with Crippen molar-refractivity contribution in [1.82, 2.24) is 14.5 Å². The van der Waals surface area contributed by atoms with Crippen LogP contribution in [0, 0.1) is 10.1 Å². The Morgan fingerprint density at radius 3 is 2.36 bits per heavy atom. The summed E-state index contributed by atoms with van der Waals surface area (Å²) >= 11 is 0. The molecule has 1 saturated heterocycles. The van der Waals surface area contributed by atoms with Crippen molar-refractivity contribution < 1.29 is 17.3 Å². The maximum absolute atomic E-state index is 10.8. The molecule has 1 aromatic heterocycles. The molecule has 0 atom stereocenters. The summed E-state index contributed by atoms with van der Waals surface area (Å²) < 4.78 is 2.28. The molecule has 148 valence electrons. The average molecular weight is 401 g/mol. The van der Waals surface area contributed by atoms with E-state index in [2.05, 4.69) is 39.5 Å². The second kappa shape index (κ2) is 8.58. The highest BCUT2D eigenvalue weighted by atomic mass is 35.5. The summed E-state index contributed by atoms with van der Waals surface area (Å²) in [4.78, 5) is 20.0. The maximum atomic E-state index is 10.8. The summed E-state index contributed by atoms with van der Waals surface area (Å²) in [5, 5.41) is 10.8. The highest BCUT2D eigenvalue weighted by Gasteiger charge is 2.22. The third kappa shape index (κ3) is 3.95. The zero-order chi connectivity index (χ0) is 18.8. The standard InChI is InChI=1S/C20H23N5O2.ClH/c1-2-24-19-6-4-3-5-18(19)21-20(24)23-13-11-22(12-14-23)15-16-7-9-17(10-8-16)25(26)27;/h3-10H,2,11-15H2,1H3;1H/p-1. The molecule has 0 spiro atoms. The van der Waals surface area contributed by atoms with Gasteiger partial charge in [-0.3, -0.25) is 15.0 Å². The largest absolute Gasteiger partial charge is 1.00 e. The predicted octanol–water partition coefficient (Wildman–Crippen LogP) is 0.291. The smallest absolute Gasteiger partial charge is 0.269 e. The first kappa shape index (κ1) is 20.1. The highest BCUT2D eigenvalue weighted by molar-refractivity contribution is 5.78. The molecule has 28 heavy (non-hydrogen) atoms. The quantitative estimate of drug-likeness (QED) is 0.455. The molecule has 0 N–H and O–H groups in total. The summed E-state index contributed by atoms with van der Waals surface area (Å²) in [6.07, 6.45) is 0. The average Bonchev–Trinajstić information content (AvgIpc) is 3.07. The number of hydrogen-bond donors (Lipinski definition) is 0. The Hall–Kier alpha value is -2.64. The number of para-hydroxylation sites is 2. The lowest BCUT2D eigenvalue weighted by Crippen LogP contribution is -3.00. The number of piperazine rings is 1. The van der Waals surface area contributed by atoms with E-state index in [0.29, 0.717) is 0 Å². The lowest BCUT2D eigenvalue weighted by molar-refractivity contribution is -0.384. The molecule has 0 aliphatic carbocycles. The van der Waals surface area contributed by atoms with Gasteiger partial charge in [-0.1, -0.05) is 24.3 Å². The minimum atomic E-state index is -0.359. The Morgan fingerprint density at radius 2 is 1.71 bits per heavy atom. The molecule has 0 saturated carbocycles. The fourth-order valence-electron chi connectivity index (χ4n) is 3.70. The first-order valence-corrected chi connectivity index (χ1v) is 9.31. The van der Waals surface area contributed by atoms with Crippen molar-refractivity contribution in [1.29, 1.82) is 0 Å². The number of fused-ring (bicyclic) bond motifs is 1. The summed E-state index contributed by atoms with van der Waals surface area (Å²) in [6, 6.07) is 15.1. The monoisotopic (exact) mass is 400 g/mol. The van der Waals surface area contributed by atoms with Crippen LogP contribution in [0.3, 0.4) is 0 Å². The minimum Gasteiger partial charge on any atom is -1.00 e. The van der Waals surface area contributed by atoms with Crippen LogP contribution < -0.4 is 17.3 Å². The van der Waals surface area contributed by atoms with E-state index in [1.807, 2.05) is 18.2 Å². The fourth-order valence-corrected chi connectivity index (χ4v) is 3.70. The van der Waals surface area contributed by atoms with Crippen LogP contribution in [0.25, 0.3) is 11.0 Å². The Bertz CT molecular complexity index is 949. The number of nitro groups is 1. The van der Waals surface area contributed by atoms with Crippen molar-refractivity contribution in [3.8, 4) is 0 Å². The number of halogens is 1. The van der Waals surface area contributed by atoms with Crippen LogP contribution >= 0.6 is 0 Å². The number of imidazole rings is 1. The van der Waals surface area contributed by atoms with Crippen LogP contribution in [-0.4, -0.2) is 45.6 Å². The van der Waals surface area contributed by atoms with Crippen LogP contribution in [-0.2, 0) is 13.1 Å². The first-order chi connectivity index (χ1) is 13.2. The second-order valence-electron chi connectivity index (χ2n) is 6.83. The molecule has 2 heterocycles. The number of non-ortho nitro benzene ring substituents is 1. The zero-order valence-corrected chi connectivity index (χ0v) is 16.5. The van der Waals surface area contributed by atoms with E-state index in [0.717, 1.165) is 56.3 Å². The van der Waals surface area contributed by atoms with Crippen LogP contribution in [0.2, 0.25) is 0 Å². The van der Waals surface area contributed by atoms with Gasteiger partial charge in [0.15, 0.2) is 0 Å². The first-order valence-electron chi connectivity index (χ1n) is 9.31. The SMILES string of the molecule is CCn1c(N2CCN(Cc3ccc([N+](=O)[O-])cc3)CC2)nc2ccccc21.[Cl-]. The van der Waals surface area contributed by atoms with E-state index >= 15 is 0 Å². The van der Waals surface area contributed by atoms with E-state index in [1.165, 1.54) is 5.52 Å². The number of nitrogens with zero attached hydrogens (tertiary/aromatic N) is 5. The number of nitro benzene ring substituents is 1. The molecule has 8 heteroatoms. The normalized spacial score (nSPS) is 14.8. The van der Waals surface area contributed by atoms with Gasteiger partial charge in [-0.05, 0) is 24.6 Å². The second-order valence-corrected chi connectivity index (χ2v) is 6.83. The molecule has 1 aliphatic heterocycles. The number of benzene rings is 2. The Kier molecular flexibility index (Phi) is 6.16. The summed E-state index contributed by atoms with van der Waals surface area (Å²) in [7, 11) is 0. The van der Waals surface area contributed by atoms with Gasteiger partial charge >= 0.3 is 0 Å². The third-order valence-corrected chi connectivity index (χ3v) is 5.16. The Labute approximate surface area is 170 Å². The van der Waals surface area contributed by atoms with E-state index in [-0.39, 0.29) is 23.0 Å². The summed E-state index contributed by atoms with van der Waals surface area (Å²) in [5.41, 5.74) is 3.47. The molecular formula is C20H23ClN5O2-. The number of rotatable bonds is 5. The molecule has 1 fully saturated rings. The highest BCUT2D eigenvalue weighted by Crippen LogP contribution is 2.24. The minimum absolute atomic E-state index is 0. The van der Waals surface area contributed by atoms with Crippen molar-refractivity contribution in [3.05, 3.63) is 64.2 Å². The predicted molar refractivity (Wildman–Crippen MR) is 106 cm³/mol. The number of aromatic nitrogens is 2. The van der Waals surface area contributed by atoms with Gasteiger partial charge < -0.3 is 21.9 Å². The van der Waals surface area contributed by atoms with Crippen molar-refractivity contribution in [2.75, 3.05) is 31.1 Å². The molecule has 0 amide bonds. The van der Waals surface area contributed by atoms with Gasteiger partial charge in [0.1, 0.15) is 0 Å². The maximum Gasteiger partial charge on any atom is 0.269 e. The van der Waals surface area contributed by atoms with Crippen molar-refractivity contribution >= 4 is 22.7 Å². The molecule has 7 nitrogen and oxygen atoms in total. The van der Waals surface area contributed by atoms with Gasteiger partial charge in [0.05, 0.1) is 16.0 Å². The lowest BCUT2D eigenvalue weighted by Gasteiger charge is -2.35. The number of anilines is 1. The van der Waals surface area contributed by atoms with Crippen molar-refractivity contribution in [3.63, 3.8) is 0 Å². The van der Waals surface area contributed by atoms with Crippen LogP contribution in [0.4, 0.5) is 11.6 Å². The molecule has 0 radical (unpaired) electrons. The van der Waals surface area contributed by atoms with Crippen LogP contribution in [0.5, 0.6) is 0 Å². The van der Waals surface area contributed by atoms with E-state index < -0.39 is 0 Å². The number of aryl methyl sites for hydroxylation is 1. The van der Waals surface area contributed by atoms with Gasteiger partial charge in [0.25, 0.3) is 5.69 Å². The molecule has 0 unspecified atom stereocenters. The Morgan fingerprint density at radius 1 is 1.04 bits per heavy atom. The van der Waals surface area contributed by atoms with Gasteiger partial charge in [0, 0.05) is 51.4 Å². The molecule has 4 rings (SSSR count). The lowest BCUT2D eigenvalue weighted by atomic mass is 10.2.